The predicted octanol–water partition coefficient (Wildman–Crippen LogP) is 3.31. The molecule has 1 heterocycles. The van der Waals surface area contributed by atoms with Gasteiger partial charge in [0.05, 0.1) is 24.3 Å². The molecule has 0 aromatic heterocycles. The zero-order chi connectivity index (χ0) is 14.8. The molecule has 6 nitrogen and oxygen atoms in total. The van der Waals surface area contributed by atoms with Crippen LogP contribution < -0.4 is 0 Å². The molecule has 1 aliphatic rings. The molecule has 1 aromatic carbocycles. The Bertz CT molecular complexity index is 482. The van der Waals surface area contributed by atoms with Gasteiger partial charge in [-0.3, -0.25) is 10.1 Å². The zero-order valence-corrected chi connectivity index (χ0v) is 12.5. The number of nitro benzene ring substituents is 1. The summed E-state index contributed by atoms with van der Waals surface area (Å²) in [6, 6.07) is 6.08. The first-order valence-corrected chi connectivity index (χ1v) is 8.25. The highest BCUT2D eigenvalue weighted by Gasteiger charge is 2.39. The van der Waals surface area contributed by atoms with Crippen LogP contribution in [-0.4, -0.2) is 23.0 Å². The van der Waals surface area contributed by atoms with E-state index in [0.717, 1.165) is 12.0 Å². The lowest BCUT2D eigenvalue weighted by atomic mass is 9.90. The van der Waals surface area contributed by atoms with Crippen molar-refractivity contribution in [2.75, 3.05) is 13.2 Å². The van der Waals surface area contributed by atoms with Gasteiger partial charge in [0.1, 0.15) is 0 Å². The minimum atomic E-state index is -2.89. The van der Waals surface area contributed by atoms with E-state index in [2.05, 4.69) is 13.8 Å². The van der Waals surface area contributed by atoms with Crippen molar-refractivity contribution >= 4 is 13.6 Å². The third kappa shape index (κ3) is 3.52. The van der Waals surface area contributed by atoms with Gasteiger partial charge in [0.15, 0.2) is 0 Å². The van der Waals surface area contributed by atoms with Crippen molar-refractivity contribution in [3.05, 3.63) is 39.9 Å². The van der Waals surface area contributed by atoms with Crippen LogP contribution in [-0.2, 0) is 15.2 Å². The molecule has 20 heavy (non-hydrogen) atoms. The van der Waals surface area contributed by atoms with Gasteiger partial charge >= 0.3 is 0 Å². The number of rotatable bonds is 4. The quantitative estimate of drug-likeness (QED) is 0.524. The molecule has 0 bridgehead atoms. The van der Waals surface area contributed by atoms with Gasteiger partial charge in [-0.1, -0.05) is 26.0 Å². The van der Waals surface area contributed by atoms with Crippen molar-refractivity contribution < 1.29 is 18.9 Å². The summed E-state index contributed by atoms with van der Waals surface area (Å²) in [7, 11) is -2.89. The molecule has 1 N–H and O–H groups in total. The molecule has 2 rings (SSSR count). The average Bonchev–Trinajstić information content (AvgIpc) is 2.43. The molecule has 111 valence electrons. The summed E-state index contributed by atoms with van der Waals surface area (Å²) in [6.45, 7) is 5.07. The van der Waals surface area contributed by atoms with Crippen LogP contribution in [0.4, 0.5) is 5.69 Å². The Morgan fingerprint density at radius 3 is 2.35 bits per heavy atom. The number of non-ortho nitro benzene ring substituents is 1. The molecule has 0 unspecified atom stereocenters. The lowest BCUT2D eigenvalue weighted by Crippen LogP contribution is -2.33. The van der Waals surface area contributed by atoms with Gasteiger partial charge in [-0.15, -0.1) is 0 Å². The third-order valence-corrected chi connectivity index (χ3v) is 5.44. The normalized spacial score (nSPS) is 30.1. The topological polar surface area (TPSA) is 81.8 Å². The van der Waals surface area contributed by atoms with Gasteiger partial charge in [0.25, 0.3) is 5.69 Å². The summed E-state index contributed by atoms with van der Waals surface area (Å²) >= 11 is 0. The highest BCUT2D eigenvalue weighted by molar-refractivity contribution is 7.59. The van der Waals surface area contributed by atoms with E-state index in [1.807, 2.05) is 0 Å². The second-order valence-corrected chi connectivity index (χ2v) is 7.54. The van der Waals surface area contributed by atoms with E-state index in [1.54, 1.807) is 12.1 Å². The molecule has 1 saturated heterocycles. The summed E-state index contributed by atoms with van der Waals surface area (Å²) in [4.78, 5) is 20.5. The van der Waals surface area contributed by atoms with Gasteiger partial charge in [0.2, 0.25) is 7.94 Å². The average molecular weight is 300 g/mol. The van der Waals surface area contributed by atoms with Crippen LogP contribution in [0.1, 0.15) is 25.8 Å². The SMILES string of the molecule is CCC1(C)CO[P](O)(Cc2ccc([N+](=O)[O-])cc2)OC1. The summed E-state index contributed by atoms with van der Waals surface area (Å²) in [5.74, 6) is 0. The maximum atomic E-state index is 10.6. The Balaban J connectivity index is 2.01. The lowest BCUT2D eigenvalue weighted by molar-refractivity contribution is -0.384. The van der Waals surface area contributed by atoms with Crippen LogP contribution >= 0.6 is 7.94 Å². The van der Waals surface area contributed by atoms with Crippen molar-refractivity contribution in [3.8, 4) is 0 Å². The Hall–Kier alpha value is -1.07. The minimum absolute atomic E-state index is 0.0307. The Labute approximate surface area is 118 Å². The van der Waals surface area contributed by atoms with Crippen molar-refractivity contribution in [1.29, 1.82) is 0 Å². The van der Waals surface area contributed by atoms with E-state index >= 15 is 0 Å². The number of benzene rings is 1. The summed E-state index contributed by atoms with van der Waals surface area (Å²) in [5.41, 5.74) is 0.747. The first-order chi connectivity index (χ1) is 9.36. The first kappa shape index (κ1) is 15.3. The molecule has 0 amide bonds. The molecule has 0 spiro atoms. The zero-order valence-electron chi connectivity index (χ0n) is 11.6. The molecular weight excluding hydrogens is 281 g/mol. The van der Waals surface area contributed by atoms with Gasteiger partial charge in [-0.25, -0.2) is 0 Å². The van der Waals surface area contributed by atoms with Gasteiger partial charge < -0.3 is 13.9 Å². The van der Waals surface area contributed by atoms with Crippen LogP contribution in [0.2, 0.25) is 0 Å². The molecule has 0 aliphatic carbocycles. The van der Waals surface area contributed by atoms with E-state index in [0.29, 0.717) is 13.2 Å². The van der Waals surface area contributed by atoms with Crippen molar-refractivity contribution in [1.82, 2.24) is 0 Å². The standard InChI is InChI=1S/C13H19NO5P/c1-3-13(2)9-18-20(17,19-10-13)8-11-4-6-12(7-5-11)14(15)16/h4-7,17H,3,8-10H2,1-2H3. The second kappa shape index (κ2) is 5.74. The maximum Gasteiger partial charge on any atom is 0.269 e. The van der Waals surface area contributed by atoms with Crippen LogP contribution in [0, 0.1) is 15.5 Å². The van der Waals surface area contributed by atoms with Crippen LogP contribution in [0.15, 0.2) is 24.3 Å². The second-order valence-electron chi connectivity index (χ2n) is 5.43. The van der Waals surface area contributed by atoms with Crippen LogP contribution in [0.25, 0.3) is 0 Å². The highest BCUT2D eigenvalue weighted by atomic mass is 31.2. The molecular formula is C13H19NO5P. The number of hydrogen-bond acceptors (Lipinski definition) is 5. The summed E-state index contributed by atoms with van der Waals surface area (Å²) < 4.78 is 11.1. The van der Waals surface area contributed by atoms with Gasteiger partial charge in [-0.2, -0.15) is 0 Å². The Morgan fingerprint density at radius 2 is 1.90 bits per heavy atom. The smallest absolute Gasteiger partial charge is 0.269 e. The van der Waals surface area contributed by atoms with E-state index in [9.17, 15) is 15.0 Å². The fourth-order valence-electron chi connectivity index (χ4n) is 1.84. The largest absolute Gasteiger partial charge is 0.335 e. The molecule has 1 fully saturated rings. The van der Waals surface area contributed by atoms with Crippen molar-refractivity contribution in [3.63, 3.8) is 0 Å². The number of nitro groups is 1. The Morgan fingerprint density at radius 1 is 1.35 bits per heavy atom. The Kier molecular flexibility index (Phi) is 4.39. The first-order valence-electron chi connectivity index (χ1n) is 6.49. The van der Waals surface area contributed by atoms with Gasteiger partial charge in [-0.05, 0) is 12.0 Å². The molecule has 1 radical (unpaired) electrons. The van der Waals surface area contributed by atoms with Crippen molar-refractivity contribution in [2.45, 2.75) is 26.4 Å². The van der Waals surface area contributed by atoms with Gasteiger partial charge in [0, 0.05) is 17.5 Å². The molecule has 0 atom stereocenters. The van der Waals surface area contributed by atoms with E-state index in [1.165, 1.54) is 12.1 Å². The highest BCUT2D eigenvalue weighted by Crippen LogP contribution is 2.63. The van der Waals surface area contributed by atoms with E-state index in [-0.39, 0.29) is 17.3 Å². The fraction of sp³-hybridized carbons (Fsp3) is 0.538. The minimum Gasteiger partial charge on any atom is -0.335 e. The maximum absolute atomic E-state index is 10.6. The summed E-state index contributed by atoms with van der Waals surface area (Å²) in [6.07, 6.45) is 1.18. The predicted molar refractivity (Wildman–Crippen MR) is 76.2 cm³/mol. The third-order valence-electron chi connectivity index (χ3n) is 3.61. The monoisotopic (exact) mass is 300 g/mol. The molecule has 0 saturated carbocycles. The van der Waals surface area contributed by atoms with E-state index < -0.39 is 12.9 Å². The lowest BCUT2D eigenvalue weighted by Gasteiger charge is -2.41. The molecule has 1 aliphatic heterocycles. The molecule has 7 heteroatoms. The molecule has 1 aromatic rings. The van der Waals surface area contributed by atoms with E-state index in [4.69, 9.17) is 9.05 Å². The van der Waals surface area contributed by atoms with Crippen LogP contribution in [0.5, 0.6) is 0 Å². The number of hydrogen-bond donors (Lipinski definition) is 1. The summed E-state index contributed by atoms with van der Waals surface area (Å²) in [5, 5.41) is 10.6. The van der Waals surface area contributed by atoms with Crippen LogP contribution in [0.3, 0.4) is 0 Å². The van der Waals surface area contributed by atoms with Crippen molar-refractivity contribution in [2.24, 2.45) is 5.41 Å². The fourth-order valence-corrected chi connectivity index (χ4v) is 3.80. The number of nitrogens with zero attached hydrogens (tertiary/aromatic N) is 1.